The molecule has 0 N–H and O–H groups in total. The second kappa shape index (κ2) is 14.3. The topological polar surface area (TPSA) is 48.5 Å². The van der Waals surface area contributed by atoms with E-state index in [9.17, 15) is 0 Å². The Morgan fingerprint density at radius 2 is 0.833 bits per heavy atom. The molecule has 0 unspecified atom stereocenters. The second-order valence-corrected chi connectivity index (χ2v) is 17.2. The van der Waals surface area contributed by atoms with Crippen LogP contribution < -0.4 is 0 Å². The third kappa shape index (κ3) is 5.57. The van der Waals surface area contributed by atoms with Gasteiger partial charge in [-0.05, 0) is 80.8 Å². The quantitative estimate of drug-likeness (QED) is 0.173. The summed E-state index contributed by atoms with van der Waals surface area (Å²) in [6, 6.07) is 80.6. The van der Waals surface area contributed by atoms with Gasteiger partial charge in [-0.25, -0.2) is 15.0 Å². The molecule has 66 heavy (non-hydrogen) atoms. The molecular formula is C61H37N5. The zero-order valence-corrected chi connectivity index (χ0v) is 35.6. The molecular weight excluding hydrogens is 803 g/mol. The van der Waals surface area contributed by atoms with Crippen molar-refractivity contribution >= 4 is 86.7 Å². The van der Waals surface area contributed by atoms with Crippen LogP contribution in [0.4, 0.5) is 0 Å². The van der Waals surface area contributed by atoms with Crippen LogP contribution in [0.1, 0.15) is 0 Å². The number of fused-ring (bicyclic) bond motifs is 11. The lowest BCUT2D eigenvalue weighted by molar-refractivity contribution is 1.07. The molecule has 0 aliphatic heterocycles. The van der Waals surface area contributed by atoms with E-state index in [1.54, 1.807) is 0 Å². The number of nitrogens with zero attached hydrogens (tertiary/aromatic N) is 5. The van der Waals surface area contributed by atoms with Crippen LogP contribution in [0.2, 0.25) is 0 Å². The van der Waals surface area contributed by atoms with E-state index in [1.165, 1.54) is 54.1 Å². The lowest BCUT2D eigenvalue weighted by Gasteiger charge is -2.18. The highest BCUT2D eigenvalue weighted by Crippen LogP contribution is 2.43. The summed E-state index contributed by atoms with van der Waals surface area (Å²) in [4.78, 5) is 15.9. The summed E-state index contributed by atoms with van der Waals surface area (Å²) in [6.07, 6.45) is 0. The first-order chi connectivity index (χ1) is 32.7. The predicted molar refractivity (Wildman–Crippen MR) is 275 cm³/mol. The first-order valence-electron chi connectivity index (χ1n) is 22.4. The fourth-order valence-corrected chi connectivity index (χ4v) is 10.4. The molecule has 14 aromatic rings. The normalized spacial score (nSPS) is 11.9. The predicted octanol–water partition coefficient (Wildman–Crippen LogP) is 15.7. The summed E-state index contributed by atoms with van der Waals surface area (Å²) in [5.41, 5.74) is 9.52. The molecule has 0 radical (unpaired) electrons. The third-order valence-corrected chi connectivity index (χ3v) is 13.5. The molecule has 5 heteroatoms. The van der Waals surface area contributed by atoms with Crippen LogP contribution in [0.3, 0.4) is 0 Å². The molecule has 11 aromatic carbocycles. The van der Waals surface area contributed by atoms with Crippen molar-refractivity contribution < 1.29 is 0 Å². The van der Waals surface area contributed by atoms with Gasteiger partial charge in [0.25, 0.3) is 0 Å². The van der Waals surface area contributed by atoms with Gasteiger partial charge in [0.2, 0.25) is 0 Å². The minimum absolute atomic E-state index is 0.609. The Balaban J connectivity index is 1.08. The van der Waals surface area contributed by atoms with Gasteiger partial charge in [-0.1, -0.05) is 176 Å². The van der Waals surface area contributed by atoms with E-state index in [4.69, 9.17) is 15.0 Å². The molecule has 0 aliphatic rings. The average Bonchev–Trinajstić information content (AvgIpc) is 3.89. The van der Waals surface area contributed by atoms with Gasteiger partial charge >= 0.3 is 0 Å². The Kier molecular flexibility index (Phi) is 7.91. The standard InChI is InChI=1S/C61H37N5/c1-2-17-41(18-3-1)59-62-60(45-27-26-38-14-4-5-19-42(38)34-45)64-61(63-59)51-32-29-40-16-9-11-23-48(40)58(51)66-55-33-30-46(37-53(55)52-35-43-20-6-7-21-44(43)36-56(52)66)65-54-25-13-12-24-49(54)50-31-28-39-15-8-10-22-47(39)57(50)65/h1-37H. The van der Waals surface area contributed by atoms with Gasteiger partial charge in [-0.3, -0.25) is 0 Å². The van der Waals surface area contributed by atoms with Gasteiger partial charge < -0.3 is 9.13 Å². The van der Waals surface area contributed by atoms with Gasteiger partial charge in [0.05, 0.1) is 27.8 Å². The number of rotatable bonds is 5. The summed E-state index contributed by atoms with van der Waals surface area (Å²) in [7, 11) is 0. The Bertz CT molecular complexity index is 4290. The van der Waals surface area contributed by atoms with Crippen LogP contribution in [0.5, 0.6) is 0 Å². The highest BCUT2D eigenvalue weighted by Gasteiger charge is 2.23. The van der Waals surface area contributed by atoms with Crippen molar-refractivity contribution in [3.8, 4) is 45.5 Å². The van der Waals surface area contributed by atoms with Crippen molar-refractivity contribution in [2.45, 2.75) is 0 Å². The number of para-hydroxylation sites is 1. The summed E-state index contributed by atoms with van der Waals surface area (Å²) < 4.78 is 4.92. The lowest BCUT2D eigenvalue weighted by Crippen LogP contribution is -2.04. The largest absolute Gasteiger partial charge is 0.309 e. The van der Waals surface area contributed by atoms with Crippen molar-refractivity contribution in [1.29, 1.82) is 0 Å². The van der Waals surface area contributed by atoms with Crippen LogP contribution >= 0.6 is 0 Å². The van der Waals surface area contributed by atoms with E-state index in [1.807, 2.05) is 18.2 Å². The molecule has 0 saturated carbocycles. The third-order valence-electron chi connectivity index (χ3n) is 13.5. The molecule has 3 heterocycles. The molecule has 0 amide bonds. The smallest absolute Gasteiger partial charge is 0.166 e. The molecule has 0 aliphatic carbocycles. The van der Waals surface area contributed by atoms with Crippen molar-refractivity contribution in [3.05, 3.63) is 224 Å². The lowest BCUT2D eigenvalue weighted by atomic mass is 10.0. The minimum Gasteiger partial charge on any atom is -0.309 e. The summed E-state index contributed by atoms with van der Waals surface area (Å²) >= 11 is 0. The van der Waals surface area contributed by atoms with E-state index in [-0.39, 0.29) is 0 Å². The first-order valence-corrected chi connectivity index (χ1v) is 22.4. The molecule has 5 nitrogen and oxygen atoms in total. The average molecular weight is 840 g/mol. The summed E-state index contributed by atoms with van der Waals surface area (Å²) in [6.45, 7) is 0. The fourth-order valence-electron chi connectivity index (χ4n) is 10.4. The molecule has 0 fully saturated rings. The minimum atomic E-state index is 0.609. The van der Waals surface area contributed by atoms with Crippen molar-refractivity contribution in [2.75, 3.05) is 0 Å². The van der Waals surface area contributed by atoms with Crippen LogP contribution in [0, 0.1) is 0 Å². The van der Waals surface area contributed by atoms with Gasteiger partial charge in [-0.2, -0.15) is 0 Å². The van der Waals surface area contributed by atoms with Crippen molar-refractivity contribution in [3.63, 3.8) is 0 Å². The number of hydrogen-bond donors (Lipinski definition) is 0. The van der Waals surface area contributed by atoms with Crippen LogP contribution in [0.25, 0.3) is 132 Å². The Morgan fingerprint density at radius 1 is 0.273 bits per heavy atom. The van der Waals surface area contributed by atoms with E-state index in [0.29, 0.717) is 17.5 Å². The molecule has 0 saturated heterocycles. The Hall–Kier alpha value is -8.93. The Morgan fingerprint density at radius 3 is 1.64 bits per heavy atom. The van der Waals surface area contributed by atoms with Crippen LogP contribution in [0.15, 0.2) is 224 Å². The summed E-state index contributed by atoms with van der Waals surface area (Å²) in [5, 5.41) is 14.2. The van der Waals surface area contributed by atoms with Crippen LogP contribution in [-0.4, -0.2) is 24.1 Å². The van der Waals surface area contributed by atoms with Crippen molar-refractivity contribution in [2.24, 2.45) is 0 Å². The Labute approximate surface area is 379 Å². The van der Waals surface area contributed by atoms with Gasteiger partial charge in [0.15, 0.2) is 17.5 Å². The maximum Gasteiger partial charge on any atom is 0.166 e. The van der Waals surface area contributed by atoms with E-state index in [0.717, 1.165) is 60.6 Å². The molecule has 306 valence electrons. The zero-order chi connectivity index (χ0) is 43.3. The van der Waals surface area contributed by atoms with Gasteiger partial charge in [0, 0.05) is 54.7 Å². The number of hydrogen-bond acceptors (Lipinski definition) is 3. The number of aromatic nitrogens is 5. The highest BCUT2D eigenvalue weighted by molar-refractivity contribution is 6.20. The molecule has 0 atom stereocenters. The SMILES string of the molecule is c1ccc(-c2nc(-c3ccc4ccccc4c3)nc(-c3ccc4ccccc4c3-n3c4ccc(-n5c6ccccc6c6ccc7ccccc7c65)cc4c4cc5ccccc5cc43)n2)cc1. The zero-order valence-electron chi connectivity index (χ0n) is 35.6. The maximum atomic E-state index is 5.39. The van der Waals surface area contributed by atoms with E-state index >= 15 is 0 Å². The highest BCUT2D eigenvalue weighted by atomic mass is 15.1. The molecule has 0 bridgehead atoms. The fraction of sp³-hybridized carbons (Fsp3) is 0. The second-order valence-electron chi connectivity index (χ2n) is 17.2. The molecule has 0 spiro atoms. The molecule has 3 aromatic heterocycles. The summed E-state index contributed by atoms with van der Waals surface area (Å²) in [5.74, 6) is 1.86. The first kappa shape index (κ1) is 36.5. The van der Waals surface area contributed by atoms with Gasteiger partial charge in [-0.15, -0.1) is 0 Å². The van der Waals surface area contributed by atoms with Crippen molar-refractivity contribution in [1.82, 2.24) is 24.1 Å². The maximum absolute atomic E-state index is 5.39. The van der Waals surface area contributed by atoms with Gasteiger partial charge in [0.1, 0.15) is 0 Å². The van der Waals surface area contributed by atoms with E-state index in [2.05, 4.69) is 215 Å². The monoisotopic (exact) mass is 839 g/mol. The van der Waals surface area contributed by atoms with E-state index < -0.39 is 0 Å². The molecule has 14 rings (SSSR count). The van der Waals surface area contributed by atoms with Crippen LogP contribution in [-0.2, 0) is 0 Å². The number of benzene rings is 11.